The first-order valence-electron chi connectivity index (χ1n) is 4.99. The molecule has 1 aromatic rings. The molecule has 0 atom stereocenters. The summed E-state index contributed by atoms with van der Waals surface area (Å²) < 4.78 is 0. The predicted molar refractivity (Wildman–Crippen MR) is 56.6 cm³/mol. The van der Waals surface area contributed by atoms with E-state index in [1.807, 2.05) is 0 Å². The van der Waals surface area contributed by atoms with Crippen LogP contribution in [0.2, 0.25) is 0 Å². The van der Waals surface area contributed by atoms with Gasteiger partial charge in [0.1, 0.15) is 5.75 Å². The molecule has 0 radical (unpaired) electrons. The Hall–Kier alpha value is -2.04. The molecule has 5 heteroatoms. The van der Waals surface area contributed by atoms with Gasteiger partial charge in [0.2, 0.25) is 5.91 Å². The van der Waals surface area contributed by atoms with Gasteiger partial charge >= 0.3 is 0 Å². The molecular formula is C11H12N2O3. The molecule has 84 valence electrons. The van der Waals surface area contributed by atoms with Crippen LogP contribution in [0.25, 0.3) is 0 Å². The van der Waals surface area contributed by atoms with Gasteiger partial charge < -0.3 is 5.11 Å². The number of phenols is 1. The molecule has 1 saturated heterocycles. The number of carbonyl (C=O) groups is 2. The highest BCUT2D eigenvalue weighted by Gasteiger charge is 2.24. The highest BCUT2D eigenvalue weighted by atomic mass is 16.3. The maximum Gasteiger partial charge on any atom is 0.272 e. The first-order chi connectivity index (χ1) is 7.58. The van der Waals surface area contributed by atoms with Crippen molar-refractivity contribution in [2.24, 2.45) is 0 Å². The molecule has 0 unspecified atom stereocenters. The molecule has 16 heavy (non-hydrogen) atoms. The van der Waals surface area contributed by atoms with E-state index in [0.29, 0.717) is 24.1 Å². The fourth-order valence-corrected chi connectivity index (χ4v) is 1.53. The monoisotopic (exact) mass is 220 g/mol. The molecule has 2 N–H and O–H groups in total. The van der Waals surface area contributed by atoms with Crippen LogP contribution in [0.15, 0.2) is 18.2 Å². The number of amides is 2. The average molecular weight is 220 g/mol. The number of aromatic hydroxyl groups is 1. The molecule has 0 saturated carbocycles. The number of nitrogens with one attached hydrogen (secondary N) is 1. The lowest BCUT2D eigenvalue weighted by atomic mass is 10.1. The molecule has 1 heterocycles. The third kappa shape index (κ3) is 1.84. The third-order valence-electron chi connectivity index (χ3n) is 2.52. The summed E-state index contributed by atoms with van der Waals surface area (Å²) in [6.45, 7) is 2.12. The first-order valence-corrected chi connectivity index (χ1v) is 4.99. The number of hydrogen-bond donors (Lipinski definition) is 2. The molecule has 0 aromatic heterocycles. The fourth-order valence-electron chi connectivity index (χ4n) is 1.53. The minimum Gasteiger partial charge on any atom is -0.508 e. The van der Waals surface area contributed by atoms with Crippen LogP contribution in [0, 0.1) is 6.92 Å². The Bertz CT molecular complexity index is 457. The summed E-state index contributed by atoms with van der Waals surface area (Å²) >= 11 is 0. The van der Waals surface area contributed by atoms with Crippen molar-refractivity contribution in [1.82, 2.24) is 10.4 Å². The summed E-state index contributed by atoms with van der Waals surface area (Å²) in [7, 11) is 0. The van der Waals surface area contributed by atoms with Gasteiger partial charge in [-0.3, -0.25) is 15.0 Å². The minimum atomic E-state index is -0.304. The van der Waals surface area contributed by atoms with Crippen molar-refractivity contribution < 1.29 is 14.7 Å². The number of hydrazine groups is 1. The number of hydrogen-bond acceptors (Lipinski definition) is 3. The number of phenolic OH excluding ortho intramolecular Hbond substituents is 1. The number of benzene rings is 1. The lowest BCUT2D eigenvalue weighted by Gasteiger charge is -2.15. The number of nitrogens with zero attached hydrogens (tertiary/aromatic N) is 1. The molecule has 0 bridgehead atoms. The standard InChI is InChI=1S/C11H12N2O3/c1-7-2-3-8(6-9(7)14)11(16)13-5-4-10(15)12-13/h2-3,6,14H,4-5H2,1H3,(H,12,15). The normalized spacial score (nSPS) is 15.1. The van der Waals surface area contributed by atoms with Crippen molar-refractivity contribution in [3.05, 3.63) is 29.3 Å². The highest BCUT2D eigenvalue weighted by molar-refractivity contribution is 5.97. The smallest absolute Gasteiger partial charge is 0.272 e. The second-order valence-electron chi connectivity index (χ2n) is 3.74. The van der Waals surface area contributed by atoms with Crippen molar-refractivity contribution in [2.45, 2.75) is 13.3 Å². The zero-order valence-electron chi connectivity index (χ0n) is 8.86. The van der Waals surface area contributed by atoms with Gasteiger partial charge in [0.05, 0.1) is 6.54 Å². The van der Waals surface area contributed by atoms with Gasteiger partial charge in [0.15, 0.2) is 0 Å². The third-order valence-corrected chi connectivity index (χ3v) is 2.52. The van der Waals surface area contributed by atoms with Gasteiger partial charge in [-0.05, 0) is 24.6 Å². The quantitative estimate of drug-likeness (QED) is 0.727. The van der Waals surface area contributed by atoms with E-state index < -0.39 is 0 Å². The van der Waals surface area contributed by atoms with E-state index in [1.54, 1.807) is 19.1 Å². The van der Waals surface area contributed by atoms with Gasteiger partial charge in [0, 0.05) is 12.0 Å². The van der Waals surface area contributed by atoms with Crippen molar-refractivity contribution >= 4 is 11.8 Å². The number of aryl methyl sites for hydroxylation is 1. The van der Waals surface area contributed by atoms with Crippen LogP contribution in [0.3, 0.4) is 0 Å². The van der Waals surface area contributed by atoms with E-state index in [-0.39, 0.29) is 17.6 Å². The van der Waals surface area contributed by atoms with E-state index in [4.69, 9.17) is 0 Å². The van der Waals surface area contributed by atoms with Crippen molar-refractivity contribution in [1.29, 1.82) is 0 Å². The SMILES string of the molecule is Cc1ccc(C(=O)N2CCC(=O)N2)cc1O. The van der Waals surface area contributed by atoms with Crippen LogP contribution >= 0.6 is 0 Å². The molecule has 1 aliphatic heterocycles. The topological polar surface area (TPSA) is 69.6 Å². The summed E-state index contributed by atoms with van der Waals surface area (Å²) in [5, 5.41) is 10.7. The summed E-state index contributed by atoms with van der Waals surface area (Å²) in [5.41, 5.74) is 3.53. The fraction of sp³-hybridized carbons (Fsp3) is 0.273. The molecule has 5 nitrogen and oxygen atoms in total. The van der Waals surface area contributed by atoms with Gasteiger partial charge in [0.25, 0.3) is 5.91 Å². The molecular weight excluding hydrogens is 208 g/mol. The van der Waals surface area contributed by atoms with Crippen LogP contribution in [0.5, 0.6) is 5.75 Å². The molecule has 1 fully saturated rings. The predicted octanol–water partition coefficient (Wildman–Crippen LogP) is 0.578. The maximum atomic E-state index is 11.9. The maximum absolute atomic E-state index is 11.9. The molecule has 0 spiro atoms. The van der Waals surface area contributed by atoms with Crippen LogP contribution in [-0.4, -0.2) is 28.5 Å². The van der Waals surface area contributed by atoms with Gasteiger partial charge in [-0.1, -0.05) is 6.07 Å². The molecule has 1 aliphatic rings. The zero-order valence-corrected chi connectivity index (χ0v) is 8.86. The van der Waals surface area contributed by atoms with Crippen molar-refractivity contribution in [2.75, 3.05) is 6.54 Å². The van der Waals surface area contributed by atoms with E-state index in [0.717, 1.165) is 0 Å². The van der Waals surface area contributed by atoms with E-state index >= 15 is 0 Å². The lowest BCUT2D eigenvalue weighted by Crippen LogP contribution is -2.38. The highest BCUT2D eigenvalue weighted by Crippen LogP contribution is 2.18. The van der Waals surface area contributed by atoms with Gasteiger partial charge in [-0.15, -0.1) is 0 Å². The van der Waals surface area contributed by atoms with E-state index in [2.05, 4.69) is 5.43 Å². The summed E-state index contributed by atoms with van der Waals surface area (Å²) in [5.74, 6) is -0.387. The van der Waals surface area contributed by atoms with Gasteiger partial charge in [-0.25, -0.2) is 5.01 Å². The van der Waals surface area contributed by atoms with Crippen LogP contribution in [0.1, 0.15) is 22.3 Å². The van der Waals surface area contributed by atoms with Crippen molar-refractivity contribution in [3.63, 3.8) is 0 Å². The Kier molecular flexibility index (Phi) is 2.52. The second kappa shape index (κ2) is 3.84. The molecule has 2 amide bonds. The summed E-state index contributed by atoms with van der Waals surface area (Å²) in [6.07, 6.45) is 0.323. The molecule has 1 aromatic carbocycles. The lowest BCUT2D eigenvalue weighted by molar-refractivity contribution is -0.120. The number of rotatable bonds is 1. The Balaban J connectivity index is 2.21. The van der Waals surface area contributed by atoms with Crippen LogP contribution in [0.4, 0.5) is 0 Å². The second-order valence-corrected chi connectivity index (χ2v) is 3.74. The zero-order chi connectivity index (χ0) is 11.7. The summed E-state index contributed by atoms with van der Waals surface area (Å²) in [6, 6.07) is 4.70. The largest absolute Gasteiger partial charge is 0.508 e. The van der Waals surface area contributed by atoms with Crippen LogP contribution < -0.4 is 5.43 Å². The van der Waals surface area contributed by atoms with Crippen LogP contribution in [-0.2, 0) is 4.79 Å². The van der Waals surface area contributed by atoms with E-state index in [9.17, 15) is 14.7 Å². The Morgan fingerprint density at radius 3 is 2.81 bits per heavy atom. The number of carbonyl (C=O) groups excluding carboxylic acids is 2. The Morgan fingerprint density at radius 2 is 2.25 bits per heavy atom. The Labute approximate surface area is 92.6 Å². The minimum absolute atomic E-state index is 0.0800. The van der Waals surface area contributed by atoms with E-state index in [1.165, 1.54) is 11.1 Å². The average Bonchev–Trinajstić information content (AvgIpc) is 2.68. The molecule has 2 rings (SSSR count). The molecule has 0 aliphatic carbocycles. The first kappa shape index (κ1) is 10.5. The Morgan fingerprint density at radius 1 is 1.50 bits per heavy atom. The summed E-state index contributed by atoms with van der Waals surface area (Å²) in [4.78, 5) is 22.8. The van der Waals surface area contributed by atoms with Crippen molar-refractivity contribution in [3.8, 4) is 5.75 Å². The van der Waals surface area contributed by atoms with Gasteiger partial charge in [-0.2, -0.15) is 0 Å².